The van der Waals surface area contributed by atoms with Crippen molar-refractivity contribution in [3.05, 3.63) is 0 Å². The number of aliphatic hydroxyl groups is 10. The maximum atomic E-state index is 11.6. The van der Waals surface area contributed by atoms with Crippen LogP contribution in [0.1, 0.15) is 91.9 Å². The van der Waals surface area contributed by atoms with Crippen LogP contribution in [0.5, 0.6) is 0 Å². The molecule has 9 rings (SSSR count). The molecule has 0 amide bonds. The second-order valence-corrected chi connectivity index (χ2v) is 21.6. The molecule has 18 nitrogen and oxygen atoms in total. The van der Waals surface area contributed by atoms with Gasteiger partial charge in [0.05, 0.1) is 38.6 Å². The van der Waals surface area contributed by atoms with Crippen LogP contribution in [-0.2, 0) is 37.9 Å². The molecule has 0 aromatic heterocycles. The van der Waals surface area contributed by atoms with Gasteiger partial charge in [-0.3, -0.25) is 0 Å². The smallest absolute Gasteiger partial charge is 0.187 e. The lowest BCUT2D eigenvalue weighted by Gasteiger charge is -2.61. The molecule has 1 spiro atoms. The molecule has 10 N–H and O–H groups in total. The number of fused-ring (bicyclic) bond motifs is 7. The quantitative estimate of drug-likeness (QED) is 0.128. The Kier molecular flexibility index (Phi) is 13.5. The molecule has 9 fully saturated rings. The van der Waals surface area contributed by atoms with Gasteiger partial charge in [0.25, 0.3) is 0 Å². The lowest BCUT2D eigenvalue weighted by molar-refractivity contribution is -0.371. The summed E-state index contributed by atoms with van der Waals surface area (Å²) in [6.07, 6.45) is -13.9. The maximum Gasteiger partial charge on any atom is 0.187 e. The summed E-state index contributed by atoms with van der Waals surface area (Å²) in [6.45, 7) is 8.48. The molecule has 0 aromatic carbocycles. The minimum Gasteiger partial charge on any atom is -0.394 e. The zero-order valence-corrected chi connectivity index (χ0v) is 37.0. The van der Waals surface area contributed by atoms with Crippen LogP contribution in [0.2, 0.25) is 0 Å². The average Bonchev–Trinajstić information content (AvgIpc) is 3.72. The van der Waals surface area contributed by atoms with Crippen molar-refractivity contribution in [2.75, 3.05) is 26.4 Å². The number of hydrogen-bond acceptors (Lipinski definition) is 18. The van der Waals surface area contributed by atoms with Crippen molar-refractivity contribution < 1.29 is 89.0 Å². The van der Waals surface area contributed by atoms with E-state index >= 15 is 0 Å². The Hall–Kier alpha value is -0.720. The first-order valence-electron chi connectivity index (χ1n) is 23.8. The van der Waals surface area contributed by atoms with Gasteiger partial charge >= 0.3 is 0 Å². The first-order chi connectivity index (χ1) is 29.9. The first kappa shape index (κ1) is 47.4. The van der Waals surface area contributed by atoms with Gasteiger partial charge in [0.15, 0.2) is 24.7 Å². The molecular weight excluding hydrogens is 828 g/mol. The van der Waals surface area contributed by atoms with Crippen LogP contribution >= 0.6 is 0 Å². The molecule has 9 aliphatic rings. The highest BCUT2D eigenvalue weighted by molar-refractivity contribution is 5.15. The van der Waals surface area contributed by atoms with Crippen molar-refractivity contribution in [3.8, 4) is 0 Å². The second-order valence-electron chi connectivity index (χ2n) is 21.6. The first-order valence-corrected chi connectivity index (χ1v) is 23.8. The van der Waals surface area contributed by atoms with Crippen molar-refractivity contribution in [2.24, 2.45) is 52.3 Å². The van der Waals surface area contributed by atoms with E-state index in [0.29, 0.717) is 47.8 Å². The van der Waals surface area contributed by atoms with E-state index in [0.717, 1.165) is 51.6 Å². The van der Waals surface area contributed by atoms with Gasteiger partial charge in [-0.05, 0) is 104 Å². The van der Waals surface area contributed by atoms with Gasteiger partial charge in [0.1, 0.15) is 73.2 Å². The summed E-state index contributed by atoms with van der Waals surface area (Å²) in [4.78, 5) is 0. The highest BCUT2D eigenvalue weighted by Gasteiger charge is 2.69. The van der Waals surface area contributed by atoms with E-state index in [1.54, 1.807) is 0 Å². The highest BCUT2D eigenvalue weighted by Crippen LogP contribution is 2.71. The van der Waals surface area contributed by atoms with Crippen LogP contribution in [0.25, 0.3) is 0 Å². The van der Waals surface area contributed by atoms with Crippen molar-refractivity contribution in [1.29, 1.82) is 0 Å². The molecule has 0 unspecified atom stereocenters. The standard InChI is InChI=1S/C45H74O18/c1-19-7-12-45(57-17-19)20(2)30-26(63-45)14-25-23-6-5-21-13-22(8-10-43(21,3)24(23)9-11-44(25,30)4)58-41-38(55)35(52)39(62-42-37(54)34(51)32(49)28(16-47)60-42)29(61-41)18-56-40-36(53)33(50)31(48)27(15-46)59-40/h19-42,46-55H,5-18H2,1-4H3/t19-,20+,21-,22+,23-,24+,25+,26+,27-,28-,29-,30+,31-,32-,33+,34+,35-,36-,37-,38-,39-,40-,41-,42+,43+,44+,45-/m1/s1. The predicted octanol–water partition coefficient (Wildman–Crippen LogP) is -0.734. The molecule has 27 atom stereocenters. The van der Waals surface area contributed by atoms with E-state index in [2.05, 4.69) is 27.7 Å². The second kappa shape index (κ2) is 18.0. The van der Waals surface area contributed by atoms with E-state index in [1.165, 1.54) is 12.8 Å². The topological polar surface area (TPSA) is 276 Å². The Morgan fingerprint density at radius 2 is 1.21 bits per heavy atom. The zero-order chi connectivity index (χ0) is 44.9. The van der Waals surface area contributed by atoms with E-state index in [9.17, 15) is 51.1 Å². The average molecular weight is 903 g/mol. The Balaban J connectivity index is 0.869. The van der Waals surface area contributed by atoms with Crippen molar-refractivity contribution >= 4 is 0 Å². The molecule has 0 radical (unpaired) electrons. The van der Waals surface area contributed by atoms with E-state index < -0.39 is 118 Å². The van der Waals surface area contributed by atoms with Crippen LogP contribution < -0.4 is 0 Å². The summed E-state index contributed by atoms with van der Waals surface area (Å²) in [5, 5.41) is 105. The summed E-state index contributed by atoms with van der Waals surface area (Å²) in [5.74, 6) is 3.17. The Morgan fingerprint density at radius 3 is 1.87 bits per heavy atom. The summed E-state index contributed by atoms with van der Waals surface area (Å²) < 4.78 is 49.2. The van der Waals surface area contributed by atoms with Crippen LogP contribution in [-0.4, -0.2) is 188 Å². The number of aliphatic hydroxyl groups excluding tert-OH is 10. The van der Waals surface area contributed by atoms with Gasteiger partial charge in [0.2, 0.25) is 0 Å². The van der Waals surface area contributed by atoms with Gasteiger partial charge in [-0.2, -0.15) is 0 Å². The maximum absolute atomic E-state index is 11.6. The fraction of sp³-hybridized carbons (Fsp3) is 1.00. The summed E-state index contributed by atoms with van der Waals surface area (Å²) >= 11 is 0. The minimum atomic E-state index is -1.84. The monoisotopic (exact) mass is 902 g/mol. The van der Waals surface area contributed by atoms with Crippen LogP contribution in [0.4, 0.5) is 0 Å². The molecule has 5 aliphatic heterocycles. The van der Waals surface area contributed by atoms with Crippen molar-refractivity contribution in [3.63, 3.8) is 0 Å². The third-order valence-corrected chi connectivity index (χ3v) is 18.3. The van der Waals surface area contributed by atoms with E-state index in [-0.39, 0.29) is 23.0 Å². The lowest BCUT2D eigenvalue weighted by atomic mass is 9.44. The van der Waals surface area contributed by atoms with Gasteiger partial charge in [0, 0.05) is 12.3 Å². The summed E-state index contributed by atoms with van der Waals surface area (Å²) in [6, 6.07) is 0. The van der Waals surface area contributed by atoms with Crippen LogP contribution in [0, 0.1) is 52.3 Å². The van der Waals surface area contributed by atoms with Crippen molar-refractivity contribution in [1.82, 2.24) is 0 Å². The fourth-order valence-corrected chi connectivity index (χ4v) is 14.6. The van der Waals surface area contributed by atoms with Gasteiger partial charge in [-0.25, -0.2) is 0 Å². The molecule has 0 aromatic rings. The largest absolute Gasteiger partial charge is 0.394 e. The van der Waals surface area contributed by atoms with E-state index in [4.69, 9.17) is 37.9 Å². The van der Waals surface area contributed by atoms with Gasteiger partial charge in [-0.15, -0.1) is 0 Å². The van der Waals surface area contributed by atoms with Crippen molar-refractivity contribution in [2.45, 2.75) is 202 Å². The SMILES string of the molecule is C[C@@H]1CC[C@@]2(OC1)O[C@H]1C[C@H]3[C@@H]4CC[C@@H]5C[C@@H](O[C@@H]6O[C@H](CO[C@@H]7O[C@H](CO)[C@@H](O)[C@H](O)[C@H]7O)[C@@H](O[C@@H]7O[C@H](CO)[C@@H](O)[C@H](O)[C@H]7O)[C@H](O)[C@H]6O)CC[C@]5(C)[C@H]4CC[C@]3(C)[C@H]1[C@@H]2C. The molecule has 18 heteroatoms. The Bertz CT molecular complexity index is 1570. The molecule has 362 valence electrons. The molecular formula is C45H74O18. The zero-order valence-electron chi connectivity index (χ0n) is 37.0. The molecule has 5 heterocycles. The molecule has 5 saturated heterocycles. The number of hydrogen-bond donors (Lipinski definition) is 10. The third-order valence-electron chi connectivity index (χ3n) is 18.3. The molecule has 63 heavy (non-hydrogen) atoms. The summed E-state index contributed by atoms with van der Waals surface area (Å²) in [7, 11) is 0. The Morgan fingerprint density at radius 1 is 0.587 bits per heavy atom. The van der Waals surface area contributed by atoms with Gasteiger partial charge < -0.3 is 89.0 Å². The normalized spacial score (nSPS) is 58.2. The van der Waals surface area contributed by atoms with E-state index in [1.807, 2.05) is 0 Å². The molecule has 4 saturated carbocycles. The lowest BCUT2D eigenvalue weighted by Crippen LogP contribution is -2.65. The third kappa shape index (κ3) is 7.98. The highest BCUT2D eigenvalue weighted by atomic mass is 16.8. The number of rotatable bonds is 9. The van der Waals surface area contributed by atoms with Crippen LogP contribution in [0.3, 0.4) is 0 Å². The summed E-state index contributed by atoms with van der Waals surface area (Å²) in [5.41, 5.74) is 0.323. The molecule has 4 aliphatic carbocycles. The van der Waals surface area contributed by atoms with Gasteiger partial charge in [-0.1, -0.05) is 27.7 Å². The number of ether oxygens (including phenoxy) is 8. The fourth-order valence-electron chi connectivity index (χ4n) is 14.6. The minimum absolute atomic E-state index is 0.107. The predicted molar refractivity (Wildman–Crippen MR) is 216 cm³/mol. The Labute approximate surface area is 369 Å². The molecule has 0 bridgehead atoms. The van der Waals surface area contributed by atoms with Crippen LogP contribution in [0.15, 0.2) is 0 Å².